The average molecular weight is 251 g/mol. The minimum Gasteiger partial charge on any atom is -0.379 e. The van der Waals surface area contributed by atoms with Gasteiger partial charge in [0.1, 0.15) is 0 Å². The van der Waals surface area contributed by atoms with Crippen molar-refractivity contribution in [2.24, 2.45) is 0 Å². The minimum atomic E-state index is -0.293. The zero-order valence-corrected chi connectivity index (χ0v) is 10.1. The maximum atomic E-state index is 11.9. The molecule has 3 N–H and O–H groups in total. The lowest BCUT2D eigenvalue weighted by Crippen LogP contribution is -2.45. The molecule has 2 fully saturated rings. The maximum absolute atomic E-state index is 11.9. The van der Waals surface area contributed by atoms with E-state index in [2.05, 4.69) is 25.2 Å². The highest BCUT2D eigenvalue weighted by Gasteiger charge is 2.32. The van der Waals surface area contributed by atoms with Crippen LogP contribution in [-0.2, 0) is 0 Å². The summed E-state index contributed by atoms with van der Waals surface area (Å²) in [5, 5.41) is 9.83. The van der Waals surface area contributed by atoms with Crippen molar-refractivity contribution in [2.45, 2.75) is 37.8 Å². The molecule has 1 aromatic rings. The number of nitrogen functional groups attached to an aromatic ring is 1. The molecule has 0 spiro atoms. The molecule has 2 aliphatic rings. The van der Waals surface area contributed by atoms with Crippen molar-refractivity contribution in [2.75, 3.05) is 18.8 Å². The van der Waals surface area contributed by atoms with E-state index in [1.165, 1.54) is 12.8 Å². The molecule has 7 heteroatoms. The number of aromatic nitrogens is 2. The van der Waals surface area contributed by atoms with E-state index in [-0.39, 0.29) is 23.5 Å². The van der Waals surface area contributed by atoms with Crippen LogP contribution in [0.25, 0.3) is 0 Å². The number of nitrogens with zero attached hydrogens (tertiary/aromatic N) is 3. The number of piperidine rings is 1. The summed E-state index contributed by atoms with van der Waals surface area (Å²) in [6.45, 7) is 2.12. The Morgan fingerprint density at radius 3 is 2.56 bits per heavy atom. The van der Waals surface area contributed by atoms with Crippen LogP contribution in [0.5, 0.6) is 0 Å². The Kier molecular flexibility index (Phi) is 2.91. The number of carbonyl (C=O) groups excluding carboxylic acids is 1. The highest BCUT2D eigenvalue weighted by molar-refractivity contribution is 5.96. The lowest BCUT2D eigenvalue weighted by atomic mass is 10.0. The molecule has 18 heavy (non-hydrogen) atoms. The van der Waals surface area contributed by atoms with Gasteiger partial charge in [-0.05, 0) is 36.0 Å². The third-order valence-corrected chi connectivity index (χ3v) is 3.66. The summed E-state index contributed by atoms with van der Waals surface area (Å²) >= 11 is 0. The predicted octanol–water partition coefficient (Wildman–Crippen LogP) is 0.00840. The first kappa shape index (κ1) is 11.5. The molecular formula is C11H17N5O2. The molecule has 1 saturated heterocycles. The van der Waals surface area contributed by atoms with Crippen molar-refractivity contribution in [3.05, 3.63) is 5.69 Å². The van der Waals surface area contributed by atoms with E-state index in [9.17, 15) is 4.79 Å². The Morgan fingerprint density at radius 1 is 1.28 bits per heavy atom. The molecule has 1 amide bonds. The van der Waals surface area contributed by atoms with Crippen LogP contribution < -0.4 is 11.1 Å². The van der Waals surface area contributed by atoms with Gasteiger partial charge in [-0.3, -0.25) is 4.79 Å². The van der Waals surface area contributed by atoms with Crippen LogP contribution in [0.3, 0.4) is 0 Å². The number of nitrogens with two attached hydrogens (primary N) is 1. The lowest BCUT2D eigenvalue weighted by molar-refractivity contribution is 0.0900. The second-order valence-electron chi connectivity index (χ2n) is 5.01. The molecule has 0 radical (unpaired) electrons. The van der Waals surface area contributed by atoms with Gasteiger partial charge in [0.15, 0.2) is 0 Å². The number of anilines is 1. The van der Waals surface area contributed by atoms with Gasteiger partial charge in [-0.25, -0.2) is 4.63 Å². The molecule has 3 rings (SSSR count). The van der Waals surface area contributed by atoms with E-state index >= 15 is 0 Å². The fourth-order valence-electron chi connectivity index (χ4n) is 2.46. The van der Waals surface area contributed by atoms with Crippen molar-refractivity contribution in [3.8, 4) is 0 Å². The molecular weight excluding hydrogens is 234 g/mol. The molecule has 0 bridgehead atoms. The topological polar surface area (TPSA) is 97.3 Å². The fourth-order valence-corrected chi connectivity index (χ4v) is 2.46. The number of carbonyl (C=O) groups is 1. The van der Waals surface area contributed by atoms with Crippen LogP contribution in [0.2, 0.25) is 0 Å². The monoisotopic (exact) mass is 251 g/mol. The summed E-state index contributed by atoms with van der Waals surface area (Å²) < 4.78 is 4.42. The summed E-state index contributed by atoms with van der Waals surface area (Å²) in [6.07, 6.45) is 4.62. The van der Waals surface area contributed by atoms with Gasteiger partial charge in [-0.2, -0.15) is 0 Å². The summed E-state index contributed by atoms with van der Waals surface area (Å²) in [7, 11) is 0. The maximum Gasteiger partial charge on any atom is 0.277 e. The van der Waals surface area contributed by atoms with Gasteiger partial charge in [-0.1, -0.05) is 0 Å². The summed E-state index contributed by atoms with van der Waals surface area (Å²) in [6, 6.07) is 1.00. The molecule has 0 atom stereocenters. The van der Waals surface area contributed by atoms with E-state index in [0.29, 0.717) is 0 Å². The van der Waals surface area contributed by atoms with Gasteiger partial charge in [0.2, 0.25) is 11.5 Å². The standard InChI is InChI=1S/C11H17N5O2/c12-10-9(14-18-15-10)11(17)13-7-3-5-16(6-4-7)8-1-2-8/h7-8H,1-6H2,(H2,12,15)(H,13,17). The van der Waals surface area contributed by atoms with Gasteiger partial charge < -0.3 is 16.0 Å². The van der Waals surface area contributed by atoms with E-state index in [0.717, 1.165) is 32.0 Å². The molecule has 1 aliphatic carbocycles. The second-order valence-corrected chi connectivity index (χ2v) is 5.01. The third-order valence-electron chi connectivity index (χ3n) is 3.66. The first-order valence-corrected chi connectivity index (χ1v) is 6.37. The largest absolute Gasteiger partial charge is 0.379 e. The number of rotatable bonds is 3. The van der Waals surface area contributed by atoms with Crippen LogP contribution in [-0.4, -0.2) is 46.3 Å². The third kappa shape index (κ3) is 2.31. The fraction of sp³-hybridized carbons (Fsp3) is 0.727. The Balaban J connectivity index is 1.51. The zero-order valence-electron chi connectivity index (χ0n) is 10.1. The predicted molar refractivity (Wildman–Crippen MR) is 63.8 cm³/mol. The number of nitrogens with one attached hydrogen (secondary N) is 1. The van der Waals surface area contributed by atoms with E-state index < -0.39 is 0 Å². The summed E-state index contributed by atoms with van der Waals surface area (Å²) in [5.74, 6) is -0.249. The highest BCUT2D eigenvalue weighted by Crippen LogP contribution is 2.29. The van der Waals surface area contributed by atoms with Crippen molar-refractivity contribution in [1.82, 2.24) is 20.5 Å². The van der Waals surface area contributed by atoms with Gasteiger partial charge in [0.25, 0.3) is 5.91 Å². The molecule has 1 aromatic heterocycles. The summed E-state index contributed by atoms with van der Waals surface area (Å²) in [4.78, 5) is 14.4. The molecule has 98 valence electrons. The number of likely N-dealkylation sites (tertiary alicyclic amines) is 1. The highest BCUT2D eigenvalue weighted by atomic mass is 16.6. The number of hydrogen-bond acceptors (Lipinski definition) is 6. The van der Waals surface area contributed by atoms with Gasteiger partial charge in [0.05, 0.1) is 0 Å². The molecule has 7 nitrogen and oxygen atoms in total. The Labute approximate surface area is 105 Å². The quantitative estimate of drug-likeness (QED) is 0.785. The second kappa shape index (κ2) is 4.56. The molecule has 1 saturated carbocycles. The Morgan fingerprint density at radius 2 is 2.00 bits per heavy atom. The lowest BCUT2D eigenvalue weighted by Gasteiger charge is -2.32. The Hall–Kier alpha value is -1.63. The van der Waals surface area contributed by atoms with E-state index in [4.69, 9.17) is 5.73 Å². The van der Waals surface area contributed by atoms with Crippen molar-refractivity contribution in [1.29, 1.82) is 0 Å². The van der Waals surface area contributed by atoms with Crippen molar-refractivity contribution < 1.29 is 9.42 Å². The smallest absolute Gasteiger partial charge is 0.277 e. The van der Waals surface area contributed by atoms with Crippen LogP contribution >= 0.6 is 0 Å². The average Bonchev–Trinajstić information content (AvgIpc) is 3.12. The van der Waals surface area contributed by atoms with Crippen molar-refractivity contribution >= 4 is 11.7 Å². The van der Waals surface area contributed by atoms with Crippen LogP contribution in [0.1, 0.15) is 36.2 Å². The van der Waals surface area contributed by atoms with Crippen molar-refractivity contribution in [3.63, 3.8) is 0 Å². The van der Waals surface area contributed by atoms with Gasteiger partial charge in [-0.15, -0.1) is 0 Å². The van der Waals surface area contributed by atoms with E-state index in [1.54, 1.807) is 0 Å². The van der Waals surface area contributed by atoms with Crippen LogP contribution in [0, 0.1) is 0 Å². The summed E-state index contributed by atoms with van der Waals surface area (Å²) in [5.41, 5.74) is 5.56. The first-order chi connectivity index (χ1) is 8.74. The molecule has 0 unspecified atom stereocenters. The molecule has 0 aromatic carbocycles. The SMILES string of the molecule is Nc1nonc1C(=O)NC1CCN(C2CC2)CC1. The number of amides is 1. The zero-order chi connectivity index (χ0) is 12.5. The first-order valence-electron chi connectivity index (χ1n) is 6.37. The molecule has 2 heterocycles. The molecule has 1 aliphatic heterocycles. The van der Waals surface area contributed by atoms with Gasteiger partial charge >= 0.3 is 0 Å². The van der Waals surface area contributed by atoms with Crippen LogP contribution in [0.15, 0.2) is 4.63 Å². The van der Waals surface area contributed by atoms with E-state index in [1.807, 2.05) is 0 Å². The van der Waals surface area contributed by atoms with Crippen LogP contribution in [0.4, 0.5) is 5.82 Å². The minimum absolute atomic E-state index is 0.0444. The Bertz CT molecular complexity index is 434. The normalized spacial score (nSPS) is 22.0. The number of hydrogen-bond donors (Lipinski definition) is 2. The van der Waals surface area contributed by atoms with Gasteiger partial charge in [0, 0.05) is 25.2 Å².